The average Bonchev–Trinajstić information content (AvgIpc) is 2.43. The molecule has 21 heavy (non-hydrogen) atoms. The van der Waals surface area contributed by atoms with Crippen LogP contribution in [0.3, 0.4) is 0 Å². The second-order valence-electron chi connectivity index (χ2n) is 4.56. The highest BCUT2D eigenvalue weighted by Gasteiger charge is 2.26. The molecule has 7 heteroatoms. The summed E-state index contributed by atoms with van der Waals surface area (Å²) in [5.74, 6) is -0.995. The molecule has 0 heterocycles. The second kappa shape index (κ2) is 6.01. The summed E-state index contributed by atoms with van der Waals surface area (Å²) in [7, 11) is -2.65. The Labute approximate surface area is 128 Å². The van der Waals surface area contributed by atoms with Gasteiger partial charge in [0.15, 0.2) is 5.82 Å². The maximum atomic E-state index is 14.0. The molecule has 2 N–H and O–H groups in total. The molecule has 0 aliphatic carbocycles. The molecular weight excluding hydrogens is 315 g/mol. The molecule has 2 rings (SSSR count). The number of rotatable bonds is 4. The largest absolute Gasteiger partial charge is 0.399 e. The smallest absolute Gasteiger partial charge is 0.246 e. The monoisotopic (exact) mass is 328 g/mol. The maximum absolute atomic E-state index is 14.0. The first-order valence-corrected chi connectivity index (χ1v) is 7.89. The van der Waals surface area contributed by atoms with Crippen molar-refractivity contribution in [3.63, 3.8) is 0 Å². The van der Waals surface area contributed by atoms with Crippen molar-refractivity contribution in [2.45, 2.75) is 11.4 Å². The Morgan fingerprint density at radius 3 is 2.48 bits per heavy atom. The predicted octanol–water partition coefficient (Wildman–Crippen LogP) is 2.88. The number of nitrogens with zero attached hydrogens (tertiary/aromatic N) is 1. The van der Waals surface area contributed by atoms with E-state index in [1.54, 1.807) is 24.3 Å². The highest BCUT2D eigenvalue weighted by Crippen LogP contribution is 2.28. The fraction of sp³-hybridized carbons (Fsp3) is 0.143. The minimum atomic E-state index is -4.02. The number of hydrogen-bond donors (Lipinski definition) is 1. The first kappa shape index (κ1) is 15.8. The third kappa shape index (κ3) is 3.34. The van der Waals surface area contributed by atoms with Crippen molar-refractivity contribution < 1.29 is 12.8 Å². The molecule has 0 radical (unpaired) electrons. The van der Waals surface area contributed by atoms with E-state index in [1.165, 1.54) is 13.1 Å². The van der Waals surface area contributed by atoms with Gasteiger partial charge in [0.1, 0.15) is 4.90 Å². The van der Waals surface area contributed by atoms with E-state index in [0.29, 0.717) is 0 Å². The van der Waals surface area contributed by atoms with Crippen molar-refractivity contribution in [1.29, 1.82) is 0 Å². The summed E-state index contributed by atoms with van der Waals surface area (Å²) in [6, 6.07) is 11.2. The van der Waals surface area contributed by atoms with Crippen molar-refractivity contribution in [3.8, 4) is 0 Å². The van der Waals surface area contributed by atoms with E-state index in [-0.39, 0.29) is 17.3 Å². The fourth-order valence-electron chi connectivity index (χ4n) is 1.86. The average molecular weight is 329 g/mol. The summed E-state index contributed by atoms with van der Waals surface area (Å²) in [4.78, 5) is -0.522. The fourth-order valence-corrected chi connectivity index (χ4v) is 3.42. The Kier molecular flexibility index (Phi) is 4.51. The van der Waals surface area contributed by atoms with E-state index in [2.05, 4.69) is 0 Å². The van der Waals surface area contributed by atoms with E-state index in [9.17, 15) is 12.8 Å². The van der Waals surface area contributed by atoms with Crippen LogP contribution in [0.5, 0.6) is 0 Å². The molecule has 0 saturated carbocycles. The summed E-state index contributed by atoms with van der Waals surface area (Å²) >= 11 is 5.65. The molecule has 2 aromatic carbocycles. The third-order valence-corrected chi connectivity index (χ3v) is 5.03. The first-order chi connectivity index (χ1) is 9.82. The standard InChI is InChI=1S/C14H14ClFN2O2S/c1-18(9-10-5-3-2-4-6-10)21(19,20)13-8-11(17)7-12(15)14(13)16/h2-8H,9,17H2,1H3. The van der Waals surface area contributed by atoms with Gasteiger partial charge < -0.3 is 5.73 Å². The van der Waals surface area contributed by atoms with Gasteiger partial charge >= 0.3 is 0 Å². The van der Waals surface area contributed by atoms with Crippen LogP contribution in [0.2, 0.25) is 5.02 Å². The number of nitrogen functional groups attached to an aromatic ring is 1. The minimum Gasteiger partial charge on any atom is -0.399 e. The Balaban J connectivity index is 2.38. The van der Waals surface area contributed by atoms with Crippen LogP contribution in [-0.2, 0) is 16.6 Å². The second-order valence-corrected chi connectivity index (χ2v) is 6.98. The Morgan fingerprint density at radius 2 is 1.86 bits per heavy atom. The lowest BCUT2D eigenvalue weighted by atomic mass is 10.2. The maximum Gasteiger partial charge on any atom is 0.246 e. The van der Waals surface area contributed by atoms with Crippen LogP contribution in [0.1, 0.15) is 5.56 Å². The third-order valence-electron chi connectivity index (χ3n) is 2.95. The molecule has 0 fully saturated rings. The van der Waals surface area contributed by atoms with Crippen molar-refractivity contribution in [2.24, 2.45) is 0 Å². The molecule has 0 unspecified atom stereocenters. The summed E-state index contributed by atoms with van der Waals surface area (Å²) < 4.78 is 39.9. The highest BCUT2D eigenvalue weighted by atomic mass is 35.5. The van der Waals surface area contributed by atoms with Crippen LogP contribution in [-0.4, -0.2) is 19.8 Å². The summed E-state index contributed by atoms with van der Waals surface area (Å²) in [5.41, 5.74) is 6.43. The normalized spacial score (nSPS) is 11.8. The van der Waals surface area contributed by atoms with Gasteiger partial charge in [0.2, 0.25) is 10.0 Å². The Bertz CT molecular complexity index is 751. The number of anilines is 1. The van der Waals surface area contributed by atoms with Crippen LogP contribution in [0.4, 0.5) is 10.1 Å². The van der Waals surface area contributed by atoms with Gasteiger partial charge in [-0.2, -0.15) is 4.31 Å². The lowest BCUT2D eigenvalue weighted by molar-refractivity contribution is 0.460. The predicted molar refractivity (Wildman–Crippen MR) is 80.9 cm³/mol. The molecular formula is C14H14ClFN2O2S. The van der Waals surface area contributed by atoms with Crippen LogP contribution in [0.25, 0.3) is 0 Å². The molecule has 0 spiro atoms. The van der Waals surface area contributed by atoms with E-state index in [4.69, 9.17) is 17.3 Å². The van der Waals surface area contributed by atoms with Crippen LogP contribution in [0.15, 0.2) is 47.4 Å². The topological polar surface area (TPSA) is 63.4 Å². The molecule has 0 aliphatic heterocycles. The molecule has 2 aromatic rings. The van der Waals surface area contributed by atoms with E-state index < -0.39 is 20.7 Å². The van der Waals surface area contributed by atoms with Gasteiger partial charge in [-0.3, -0.25) is 0 Å². The van der Waals surface area contributed by atoms with Gasteiger partial charge in [-0.1, -0.05) is 41.9 Å². The summed E-state index contributed by atoms with van der Waals surface area (Å²) in [6.07, 6.45) is 0. The lowest BCUT2D eigenvalue weighted by Gasteiger charge is -2.18. The summed E-state index contributed by atoms with van der Waals surface area (Å²) in [5, 5.41) is -0.318. The zero-order valence-corrected chi connectivity index (χ0v) is 12.8. The molecule has 4 nitrogen and oxygen atoms in total. The van der Waals surface area contributed by atoms with Crippen LogP contribution >= 0.6 is 11.6 Å². The Hall–Kier alpha value is -1.63. The minimum absolute atomic E-state index is 0.0908. The van der Waals surface area contributed by atoms with E-state index in [1.807, 2.05) is 6.07 Å². The van der Waals surface area contributed by atoms with Gasteiger partial charge in [-0.05, 0) is 17.7 Å². The van der Waals surface area contributed by atoms with Crippen molar-refractivity contribution >= 4 is 27.3 Å². The quantitative estimate of drug-likeness (QED) is 0.878. The molecule has 0 atom stereocenters. The Morgan fingerprint density at radius 1 is 1.24 bits per heavy atom. The molecule has 0 bridgehead atoms. The SMILES string of the molecule is CN(Cc1ccccc1)S(=O)(=O)c1cc(N)cc(Cl)c1F. The first-order valence-electron chi connectivity index (χ1n) is 6.07. The van der Waals surface area contributed by atoms with Crippen molar-refractivity contribution in [1.82, 2.24) is 4.31 Å². The van der Waals surface area contributed by atoms with Gasteiger partial charge in [0.25, 0.3) is 0 Å². The van der Waals surface area contributed by atoms with Crippen molar-refractivity contribution in [3.05, 3.63) is 58.9 Å². The van der Waals surface area contributed by atoms with E-state index in [0.717, 1.165) is 15.9 Å². The molecule has 0 aliphatic rings. The van der Waals surface area contributed by atoms with Crippen LogP contribution < -0.4 is 5.73 Å². The van der Waals surface area contributed by atoms with E-state index >= 15 is 0 Å². The number of halogens is 2. The molecule has 112 valence electrons. The number of nitrogens with two attached hydrogens (primary N) is 1. The molecule has 0 amide bonds. The number of sulfonamides is 1. The van der Waals surface area contributed by atoms with Gasteiger partial charge in [-0.15, -0.1) is 0 Å². The molecule has 0 saturated heterocycles. The zero-order valence-electron chi connectivity index (χ0n) is 11.3. The zero-order chi connectivity index (χ0) is 15.6. The van der Waals surface area contributed by atoms with Crippen molar-refractivity contribution in [2.75, 3.05) is 12.8 Å². The number of benzene rings is 2. The lowest BCUT2D eigenvalue weighted by Crippen LogP contribution is -2.27. The number of hydrogen-bond acceptors (Lipinski definition) is 3. The summed E-state index contributed by atoms with van der Waals surface area (Å²) in [6.45, 7) is 0.120. The van der Waals surface area contributed by atoms with Crippen LogP contribution in [0, 0.1) is 5.82 Å². The van der Waals surface area contributed by atoms with Gasteiger partial charge in [-0.25, -0.2) is 12.8 Å². The molecule has 0 aromatic heterocycles. The highest BCUT2D eigenvalue weighted by molar-refractivity contribution is 7.89. The van der Waals surface area contributed by atoms with Gasteiger partial charge in [0, 0.05) is 19.3 Å². The van der Waals surface area contributed by atoms with Gasteiger partial charge in [0.05, 0.1) is 5.02 Å².